The Morgan fingerprint density at radius 2 is 1.57 bits per heavy atom. The molecule has 1 amide bonds. The minimum Gasteiger partial charge on any atom is -0.486 e. The van der Waals surface area contributed by atoms with Crippen LogP contribution in [0.5, 0.6) is 11.5 Å². The Balaban J connectivity index is 1.52. The third-order valence-corrected chi connectivity index (χ3v) is 5.32. The highest BCUT2D eigenvalue weighted by atomic mass is 79.9. The van der Waals surface area contributed by atoms with E-state index in [4.69, 9.17) is 9.47 Å². The third-order valence-electron chi connectivity index (χ3n) is 4.67. The van der Waals surface area contributed by atoms with Crippen LogP contribution in [0.2, 0.25) is 0 Å². The molecule has 0 atom stereocenters. The monoisotopic (exact) mass is 437 g/mol. The van der Waals surface area contributed by atoms with Crippen molar-refractivity contribution in [2.24, 2.45) is 0 Å². The topological polar surface area (TPSA) is 47.6 Å². The van der Waals surface area contributed by atoms with Gasteiger partial charge in [-0.1, -0.05) is 48.5 Å². The SMILES string of the molecule is O=C(Nc1cc2c(cc1Br)OCCO2)c1ccccc1CCc1ccccc1. The second-order valence-electron chi connectivity index (χ2n) is 6.57. The molecule has 3 aromatic rings. The Kier molecular flexibility index (Phi) is 5.63. The van der Waals surface area contributed by atoms with E-state index in [9.17, 15) is 4.79 Å². The first-order valence-corrected chi connectivity index (χ1v) is 10.0. The van der Waals surface area contributed by atoms with E-state index in [1.807, 2.05) is 48.5 Å². The highest BCUT2D eigenvalue weighted by molar-refractivity contribution is 9.10. The maximum absolute atomic E-state index is 13.0. The summed E-state index contributed by atoms with van der Waals surface area (Å²) in [6.45, 7) is 1.03. The molecule has 0 aromatic heterocycles. The Labute approximate surface area is 172 Å². The standard InChI is InChI=1S/C23H20BrNO3/c24-19-14-21-22(28-13-12-27-21)15-20(19)25-23(26)18-9-5-4-8-17(18)11-10-16-6-2-1-3-7-16/h1-9,14-15H,10-13H2,(H,25,26). The van der Waals surface area contributed by atoms with Gasteiger partial charge < -0.3 is 14.8 Å². The lowest BCUT2D eigenvalue weighted by atomic mass is 9.99. The van der Waals surface area contributed by atoms with Gasteiger partial charge in [0.2, 0.25) is 0 Å². The molecule has 3 aromatic carbocycles. The molecular formula is C23H20BrNO3. The highest BCUT2D eigenvalue weighted by Crippen LogP contribution is 2.38. The Bertz CT molecular complexity index is 988. The molecule has 0 unspecified atom stereocenters. The van der Waals surface area contributed by atoms with Crippen LogP contribution in [-0.2, 0) is 12.8 Å². The number of carbonyl (C=O) groups excluding carboxylic acids is 1. The number of halogens is 1. The lowest BCUT2D eigenvalue weighted by Crippen LogP contribution is -2.17. The number of ether oxygens (including phenoxy) is 2. The van der Waals surface area contributed by atoms with E-state index in [-0.39, 0.29) is 5.91 Å². The fourth-order valence-corrected chi connectivity index (χ4v) is 3.65. The van der Waals surface area contributed by atoms with E-state index in [0.717, 1.165) is 22.9 Å². The van der Waals surface area contributed by atoms with Crippen LogP contribution in [0, 0.1) is 0 Å². The summed E-state index contributed by atoms with van der Waals surface area (Å²) in [6, 6.07) is 21.6. The number of amides is 1. The number of aryl methyl sites for hydroxylation is 2. The molecule has 0 saturated carbocycles. The highest BCUT2D eigenvalue weighted by Gasteiger charge is 2.18. The number of benzene rings is 3. The predicted octanol–water partition coefficient (Wildman–Crippen LogP) is 5.26. The maximum Gasteiger partial charge on any atom is 0.255 e. The van der Waals surface area contributed by atoms with Crippen molar-refractivity contribution in [1.29, 1.82) is 0 Å². The first-order valence-electron chi connectivity index (χ1n) is 9.23. The van der Waals surface area contributed by atoms with E-state index < -0.39 is 0 Å². The van der Waals surface area contributed by atoms with Crippen LogP contribution < -0.4 is 14.8 Å². The number of fused-ring (bicyclic) bond motifs is 1. The molecule has 0 spiro atoms. The zero-order valence-electron chi connectivity index (χ0n) is 15.3. The molecule has 1 N–H and O–H groups in total. The smallest absolute Gasteiger partial charge is 0.255 e. The van der Waals surface area contributed by atoms with Gasteiger partial charge in [-0.3, -0.25) is 4.79 Å². The van der Waals surface area contributed by atoms with Gasteiger partial charge in [-0.2, -0.15) is 0 Å². The van der Waals surface area contributed by atoms with Gasteiger partial charge in [0, 0.05) is 22.2 Å². The van der Waals surface area contributed by atoms with E-state index in [1.54, 1.807) is 6.07 Å². The van der Waals surface area contributed by atoms with Gasteiger partial charge in [0.05, 0.1) is 5.69 Å². The van der Waals surface area contributed by atoms with E-state index in [0.29, 0.717) is 36.0 Å². The van der Waals surface area contributed by atoms with Gasteiger partial charge in [-0.05, 0) is 46.0 Å². The Hall–Kier alpha value is -2.79. The summed E-state index contributed by atoms with van der Waals surface area (Å²) in [7, 11) is 0. The zero-order valence-corrected chi connectivity index (χ0v) is 16.9. The predicted molar refractivity (Wildman–Crippen MR) is 113 cm³/mol. The molecule has 0 fully saturated rings. The summed E-state index contributed by atoms with van der Waals surface area (Å²) >= 11 is 3.51. The minimum atomic E-state index is -0.138. The molecule has 1 heterocycles. The number of nitrogens with one attached hydrogen (secondary N) is 1. The van der Waals surface area contributed by atoms with Crippen LogP contribution in [0.1, 0.15) is 21.5 Å². The van der Waals surface area contributed by atoms with Crippen LogP contribution in [0.25, 0.3) is 0 Å². The summed E-state index contributed by atoms with van der Waals surface area (Å²) in [5.74, 6) is 1.18. The Morgan fingerprint density at radius 1 is 0.893 bits per heavy atom. The quantitative estimate of drug-likeness (QED) is 0.592. The van der Waals surface area contributed by atoms with Crippen LogP contribution in [-0.4, -0.2) is 19.1 Å². The second-order valence-corrected chi connectivity index (χ2v) is 7.43. The zero-order chi connectivity index (χ0) is 19.3. The molecule has 1 aliphatic heterocycles. The molecule has 0 radical (unpaired) electrons. The molecular weight excluding hydrogens is 418 g/mol. The van der Waals surface area contributed by atoms with Crippen molar-refractivity contribution in [3.63, 3.8) is 0 Å². The van der Waals surface area contributed by atoms with Crippen LogP contribution >= 0.6 is 15.9 Å². The molecule has 4 nitrogen and oxygen atoms in total. The second kappa shape index (κ2) is 8.48. The number of carbonyl (C=O) groups is 1. The van der Waals surface area contributed by atoms with Crippen molar-refractivity contribution in [1.82, 2.24) is 0 Å². The lowest BCUT2D eigenvalue weighted by molar-refractivity contribution is 0.102. The molecule has 4 rings (SSSR count). The largest absolute Gasteiger partial charge is 0.486 e. The maximum atomic E-state index is 13.0. The normalized spacial score (nSPS) is 12.5. The molecule has 142 valence electrons. The van der Waals surface area contributed by atoms with Gasteiger partial charge in [0.25, 0.3) is 5.91 Å². The fraction of sp³-hybridized carbons (Fsp3) is 0.174. The van der Waals surface area contributed by atoms with Crippen molar-refractivity contribution in [2.45, 2.75) is 12.8 Å². The fourth-order valence-electron chi connectivity index (χ4n) is 3.23. The molecule has 28 heavy (non-hydrogen) atoms. The Morgan fingerprint density at radius 3 is 2.36 bits per heavy atom. The van der Waals surface area contributed by atoms with E-state index in [1.165, 1.54) is 5.56 Å². The van der Waals surface area contributed by atoms with Crippen LogP contribution in [0.3, 0.4) is 0 Å². The molecule has 0 bridgehead atoms. The third kappa shape index (κ3) is 4.20. The summed E-state index contributed by atoms with van der Waals surface area (Å²) in [5.41, 5.74) is 3.62. The van der Waals surface area contributed by atoms with Gasteiger partial charge in [0.15, 0.2) is 11.5 Å². The van der Waals surface area contributed by atoms with Crippen molar-refractivity contribution < 1.29 is 14.3 Å². The number of rotatable bonds is 5. The molecule has 5 heteroatoms. The van der Waals surface area contributed by atoms with E-state index >= 15 is 0 Å². The summed E-state index contributed by atoms with van der Waals surface area (Å²) in [4.78, 5) is 13.0. The van der Waals surface area contributed by atoms with Gasteiger partial charge in [-0.25, -0.2) is 0 Å². The number of hydrogen-bond donors (Lipinski definition) is 1. The first kappa shape index (κ1) is 18.6. The minimum absolute atomic E-state index is 0.138. The lowest BCUT2D eigenvalue weighted by Gasteiger charge is -2.20. The van der Waals surface area contributed by atoms with Crippen molar-refractivity contribution >= 4 is 27.5 Å². The first-order chi connectivity index (χ1) is 13.7. The van der Waals surface area contributed by atoms with Gasteiger partial charge in [-0.15, -0.1) is 0 Å². The summed E-state index contributed by atoms with van der Waals surface area (Å²) in [5, 5.41) is 2.99. The van der Waals surface area contributed by atoms with Crippen molar-refractivity contribution in [2.75, 3.05) is 18.5 Å². The average Bonchev–Trinajstić information content (AvgIpc) is 2.73. The summed E-state index contributed by atoms with van der Waals surface area (Å²) in [6.07, 6.45) is 1.69. The van der Waals surface area contributed by atoms with Gasteiger partial charge in [0.1, 0.15) is 13.2 Å². The van der Waals surface area contributed by atoms with Crippen LogP contribution in [0.15, 0.2) is 71.2 Å². The average molecular weight is 438 g/mol. The van der Waals surface area contributed by atoms with Crippen molar-refractivity contribution in [3.8, 4) is 11.5 Å². The van der Waals surface area contributed by atoms with Gasteiger partial charge >= 0.3 is 0 Å². The van der Waals surface area contributed by atoms with Crippen molar-refractivity contribution in [3.05, 3.63) is 87.9 Å². The van der Waals surface area contributed by atoms with E-state index in [2.05, 4.69) is 33.4 Å². The van der Waals surface area contributed by atoms with Crippen LogP contribution in [0.4, 0.5) is 5.69 Å². The molecule has 1 aliphatic rings. The number of hydrogen-bond acceptors (Lipinski definition) is 3. The number of anilines is 1. The summed E-state index contributed by atoms with van der Waals surface area (Å²) < 4.78 is 12.0. The molecule has 0 aliphatic carbocycles. The molecule has 0 saturated heterocycles.